The van der Waals surface area contributed by atoms with Gasteiger partial charge in [-0.3, -0.25) is 4.79 Å². The molecule has 1 fully saturated rings. The fourth-order valence-corrected chi connectivity index (χ4v) is 3.07. The monoisotopic (exact) mass is 279 g/mol. The summed E-state index contributed by atoms with van der Waals surface area (Å²) < 4.78 is 0. The zero-order chi connectivity index (χ0) is 14.7. The van der Waals surface area contributed by atoms with Crippen LogP contribution in [-0.2, 0) is 0 Å². The van der Waals surface area contributed by atoms with Crippen molar-refractivity contribution >= 4 is 5.78 Å². The first-order chi connectivity index (χ1) is 10.2. The molecule has 0 radical (unpaired) electrons. The summed E-state index contributed by atoms with van der Waals surface area (Å²) in [5.41, 5.74) is 9.07. The highest BCUT2D eigenvalue weighted by Gasteiger charge is 2.25. The summed E-state index contributed by atoms with van der Waals surface area (Å²) in [6, 6.07) is 18.5. The Labute approximate surface area is 126 Å². The van der Waals surface area contributed by atoms with Crippen molar-refractivity contribution in [3.05, 3.63) is 60.2 Å². The fraction of sp³-hybridized carbons (Fsp3) is 0.316. The number of hydrogen-bond acceptors (Lipinski definition) is 2. The van der Waals surface area contributed by atoms with Crippen molar-refractivity contribution in [2.45, 2.75) is 31.7 Å². The van der Waals surface area contributed by atoms with Gasteiger partial charge in [-0.2, -0.15) is 0 Å². The van der Waals surface area contributed by atoms with E-state index in [0.29, 0.717) is 0 Å². The number of Topliss-reactive ketones (excluding diaryl/α,β-unsaturated/α-hetero) is 1. The zero-order valence-corrected chi connectivity index (χ0v) is 12.2. The van der Waals surface area contributed by atoms with E-state index in [0.717, 1.165) is 36.8 Å². The van der Waals surface area contributed by atoms with E-state index in [2.05, 4.69) is 12.1 Å². The van der Waals surface area contributed by atoms with E-state index in [1.54, 1.807) is 0 Å². The van der Waals surface area contributed by atoms with Crippen molar-refractivity contribution in [3.8, 4) is 11.1 Å². The molecule has 2 aromatic rings. The summed E-state index contributed by atoms with van der Waals surface area (Å²) in [5.74, 6) is 0.439. The van der Waals surface area contributed by atoms with Crippen LogP contribution in [-0.4, -0.2) is 11.8 Å². The van der Waals surface area contributed by atoms with Gasteiger partial charge in [0.2, 0.25) is 0 Å². The summed E-state index contributed by atoms with van der Waals surface area (Å²) >= 11 is 0. The van der Waals surface area contributed by atoms with Gasteiger partial charge >= 0.3 is 0 Å². The first kappa shape index (κ1) is 14.0. The molecule has 1 saturated carbocycles. The van der Waals surface area contributed by atoms with Crippen molar-refractivity contribution in [2.24, 2.45) is 11.7 Å². The van der Waals surface area contributed by atoms with E-state index < -0.39 is 0 Å². The molecule has 0 aromatic heterocycles. The van der Waals surface area contributed by atoms with E-state index in [9.17, 15) is 4.79 Å². The van der Waals surface area contributed by atoms with Crippen molar-refractivity contribution in [3.63, 3.8) is 0 Å². The molecule has 2 nitrogen and oxygen atoms in total. The van der Waals surface area contributed by atoms with Crippen molar-refractivity contribution < 1.29 is 4.79 Å². The van der Waals surface area contributed by atoms with Crippen molar-refractivity contribution in [1.29, 1.82) is 0 Å². The Bertz CT molecular complexity index is 595. The van der Waals surface area contributed by atoms with Gasteiger partial charge in [-0.25, -0.2) is 0 Å². The van der Waals surface area contributed by atoms with Crippen LogP contribution in [0.1, 0.15) is 36.0 Å². The van der Waals surface area contributed by atoms with E-state index in [-0.39, 0.29) is 17.7 Å². The van der Waals surface area contributed by atoms with Gasteiger partial charge in [0.05, 0.1) is 0 Å². The lowest BCUT2D eigenvalue weighted by atomic mass is 9.82. The van der Waals surface area contributed by atoms with E-state index >= 15 is 0 Å². The molecule has 0 atom stereocenters. The van der Waals surface area contributed by atoms with Crippen LogP contribution in [0.4, 0.5) is 0 Å². The summed E-state index contributed by atoms with van der Waals surface area (Å²) in [6.45, 7) is 0. The Hall–Kier alpha value is -1.93. The third kappa shape index (κ3) is 3.22. The predicted molar refractivity (Wildman–Crippen MR) is 86.1 cm³/mol. The molecule has 0 bridgehead atoms. The standard InChI is InChI=1S/C19H21NO/c20-18-12-10-17(11-13-18)19(21)16-8-6-15(7-9-16)14-4-2-1-3-5-14/h1-9,17-18H,10-13,20H2. The minimum Gasteiger partial charge on any atom is -0.328 e. The van der Waals surface area contributed by atoms with Crippen LogP contribution in [0.3, 0.4) is 0 Å². The third-order valence-electron chi connectivity index (χ3n) is 4.42. The molecule has 2 N–H and O–H groups in total. The maximum Gasteiger partial charge on any atom is 0.165 e. The number of carbonyl (C=O) groups is 1. The quantitative estimate of drug-likeness (QED) is 0.861. The van der Waals surface area contributed by atoms with Crippen molar-refractivity contribution in [1.82, 2.24) is 0 Å². The number of nitrogens with two attached hydrogens (primary N) is 1. The molecule has 0 unspecified atom stereocenters. The molecular formula is C19H21NO. The van der Waals surface area contributed by atoms with E-state index in [1.165, 1.54) is 5.56 Å². The Balaban J connectivity index is 1.73. The van der Waals surface area contributed by atoms with Crippen LogP contribution in [0, 0.1) is 5.92 Å². The molecule has 0 spiro atoms. The zero-order valence-electron chi connectivity index (χ0n) is 12.2. The molecule has 1 aliphatic rings. The average molecular weight is 279 g/mol. The first-order valence-corrected chi connectivity index (χ1v) is 7.69. The van der Waals surface area contributed by atoms with Gasteiger partial charge in [0, 0.05) is 17.5 Å². The second kappa shape index (κ2) is 6.23. The topological polar surface area (TPSA) is 43.1 Å². The van der Waals surface area contributed by atoms with Gasteiger partial charge < -0.3 is 5.73 Å². The lowest BCUT2D eigenvalue weighted by Crippen LogP contribution is -2.29. The lowest BCUT2D eigenvalue weighted by Gasteiger charge is -2.25. The molecule has 3 rings (SSSR count). The molecule has 1 aliphatic carbocycles. The molecule has 0 amide bonds. The first-order valence-electron chi connectivity index (χ1n) is 7.69. The minimum atomic E-state index is 0.160. The number of hydrogen-bond donors (Lipinski definition) is 1. The van der Waals surface area contributed by atoms with E-state index in [4.69, 9.17) is 5.73 Å². The van der Waals surface area contributed by atoms with E-state index in [1.807, 2.05) is 42.5 Å². The van der Waals surface area contributed by atoms with Crippen LogP contribution >= 0.6 is 0 Å². The lowest BCUT2D eigenvalue weighted by molar-refractivity contribution is 0.0885. The molecule has 108 valence electrons. The van der Waals surface area contributed by atoms with Gasteiger partial charge in [-0.15, -0.1) is 0 Å². The molecule has 0 saturated heterocycles. The Kier molecular flexibility index (Phi) is 4.16. The Morgan fingerprint density at radius 2 is 1.38 bits per heavy atom. The molecule has 0 heterocycles. The van der Waals surface area contributed by atoms with Crippen LogP contribution in [0.25, 0.3) is 11.1 Å². The van der Waals surface area contributed by atoms with Gasteiger partial charge in [0.15, 0.2) is 5.78 Å². The summed E-state index contributed by atoms with van der Waals surface area (Å²) in [7, 11) is 0. The number of rotatable bonds is 3. The highest BCUT2D eigenvalue weighted by molar-refractivity contribution is 5.98. The van der Waals surface area contributed by atoms with Gasteiger partial charge in [-0.05, 0) is 36.8 Å². The smallest absolute Gasteiger partial charge is 0.165 e. The molecule has 21 heavy (non-hydrogen) atoms. The minimum absolute atomic E-state index is 0.160. The van der Waals surface area contributed by atoms with Gasteiger partial charge in [0.25, 0.3) is 0 Å². The van der Waals surface area contributed by atoms with Crippen LogP contribution in [0.5, 0.6) is 0 Å². The van der Waals surface area contributed by atoms with Gasteiger partial charge in [0.1, 0.15) is 0 Å². The molecule has 2 heteroatoms. The van der Waals surface area contributed by atoms with Crippen molar-refractivity contribution in [2.75, 3.05) is 0 Å². The fourth-order valence-electron chi connectivity index (χ4n) is 3.07. The second-order valence-electron chi connectivity index (χ2n) is 5.92. The van der Waals surface area contributed by atoms with Crippen LogP contribution < -0.4 is 5.73 Å². The normalized spacial score (nSPS) is 22.0. The Morgan fingerprint density at radius 3 is 2.00 bits per heavy atom. The highest BCUT2D eigenvalue weighted by atomic mass is 16.1. The summed E-state index contributed by atoms with van der Waals surface area (Å²) in [5, 5.41) is 0. The molecule has 2 aromatic carbocycles. The SMILES string of the molecule is NC1CCC(C(=O)c2ccc(-c3ccccc3)cc2)CC1. The largest absolute Gasteiger partial charge is 0.328 e. The Morgan fingerprint density at radius 1 is 0.810 bits per heavy atom. The maximum absolute atomic E-state index is 12.5. The highest BCUT2D eigenvalue weighted by Crippen LogP contribution is 2.27. The van der Waals surface area contributed by atoms with Crippen LogP contribution in [0.2, 0.25) is 0 Å². The summed E-state index contributed by atoms with van der Waals surface area (Å²) in [4.78, 5) is 12.5. The number of ketones is 1. The van der Waals surface area contributed by atoms with Crippen LogP contribution in [0.15, 0.2) is 54.6 Å². The number of carbonyl (C=O) groups excluding carboxylic acids is 1. The molecular weight excluding hydrogens is 258 g/mol. The summed E-state index contributed by atoms with van der Waals surface area (Å²) in [6.07, 6.45) is 3.80. The second-order valence-corrected chi connectivity index (χ2v) is 5.92. The maximum atomic E-state index is 12.5. The third-order valence-corrected chi connectivity index (χ3v) is 4.42. The predicted octanol–water partition coefficient (Wildman–Crippen LogP) is 4.05. The molecule has 0 aliphatic heterocycles. The number of benzene rings is 2. The average Bonchev–Trinajstić information content (AvgIpc) is 2.56. The van der Waals surface area contributed by atoms with Gasteiger partial charge in [-0.1, -0.05) is 54.6 Å².